The Bertz CT molecular complexity index is 604. The van der Waals surface area contributed by atoms with Gasteiger partial charge in [0, 0.05) is 6.07 Å². The van der Waals surface area contributed by atoms with E-state index in [4.69, 9.17) is 45.3 Å². The van der Waals surface area contributed by atoms with Crippen LogP contribution in [0.25, 0.3) is 0 Å². The molecule has 2 aromatic rings. The lowest BCUT2D eigenvalue weighted by atomic mass is 10.3. The summed E-state index contributed by atoms with van der Waals surface area (Å²) in [6.45, 7) is 0. The third-order valence-electron chi connectivity index (χ3n) is 2.19. The standard InChI is InChI=1S/C12H7Cl3FNO/c13-6-2-1-3-10(12(6)15)18-11-5-8(16)7(14)4-9(11)17/h1-5H,17H2. The van der Waals surface area contributed by atoms with Crippen molar-refractivity contribution in [3.63, 3.8) is 0 Å². The lowest BCUT2D eigenvalue weighted by Crippen LogP contribution is -1.94. The van der Waals surface area contributed by atoms with Crippen LogP contribution in [0.1, 0.15) is 0 Å². The highest BCUT2D eigenvalue weighted by Crippen LogP contribution is 2.37. The van der Waals surface area contributed by atoms with Crippen LogP contribution in [0.2, 0.25) is 15.1 Å². The smallest absolute Gasteiger partial charge is 0.153 e. The number of rotatable bonds is 2. The average Bonchev–Trinajstić information content (AvgIpc) is 2.32. The Balaban J connectivity index is 2.40. The number of ether oxygens (including phenoxy) is 1. The van der Waals surface area contributed by atoms with Gasteiger partial charge in [0.05, 0.1) is 15.7 Å². The van der Waals surface area contributed by atoms with Gasteiger partial charge >= 0.3 is 0 Å². The summed E-state index contributed by atoms with van der Waals surface area (Å²) in [5.74, 6) is -0.210. The second-order valence-corrected chi connectivity index (χ2v) is 4.65. The van der Waals surface area contributed by atoms with Crippen molar-refractivity contribution in [1.82, 2.24) is 0 Å². The van der Waals surface area contributed by atoms with Gasteiger partial charge in [0.2, 0.25) is 0 Å². The Labute approximate surface area is 118 Å². The van der Waals surface area contributed by atoms with E-state index in [9.17, 15) is 4.39 Å². The second kappa shape index (κ2) is 5.22. The molecule has 2 aromatic carbocycles. The molecule has 0 saturated carbocycles. The molecular weight excluding hydrogens is 299 g/mol. The molecule has 0 aliphatic rings. The van der Waals surface area contributed by atoms with E-state index in [1.807, 2.05) is 0 Å². The van der Waals surface area contributed by atoms with E-state index in [2.05, 4.69) is 0 Å². The van der Waals surface area contributed by atoms with Crippen LogP contribution >= 0.6 is 34.8 Å². The Morgan fingerprint density at radius 3 is 2.44 bits per heavy atom. The third-order valence-corrected chi connectivity index (χ3v) is 3.28. The molecule has 18 heavy (non-hydrogen) atoms. The van der Waals surface area contributed by atoms with Gasteiger partial charge < -0.3 is 10.5 Å². The monoisotopic (exact) mass is 305 g/mol. The van der Waals surface area contributed by atoms with Crippen molar-refractivity contribution < 1.29 is 9.13 Å². The normalized spacial score (nSPS) is 10.4. The van der Waals surface area contributed by atoms with E-state index in [0.717, 1.165) is 6.07 Å². The molecular formula is C12H7Cl3FNO. The first-order valence-electron chi connectivity index (χ1n) is 4.85. The van der Waals surface area contributed by atoms with E-state index < -0.39 is 5.82 Å². The molecule has 0 saturated heterocycles. The summed E-state index contributed by atoms with van der Waals surface area (Å²) in [5, 5.41) is 0.494. The van der Waals surface area contributed by atoms with Gasteiger partial charge in [-0.3, -0.25) is 0 Å². The maximum atomic E-state index is 13.3. The number of nitrogens with two attached hydrogens (primary N) is 1. The number of nitrogen functional groups attached to an aromatic ring is 1. The molecule has 2 rings (SSSR count). The van der Waals surface area contributed by atoms with Crippen molar-refractivity contribution >= 4 is 40.5 Å². The molecule has 0 radical (unpaired) electrons. The predicted octanol–water partition coefficient (Wildman–Crippen LogP) is 5.16. The van der Waals surface area contributed by atoms with E-state index in [-0.39, 0.29) is 27.2 Å². The second-order valence-electron chi connectivity index (χ2n) is 3.46. The zero-order chi connectivity index (χ0) is 13.3. The summed E-state index contributed by atoms with van der Waals surface area (Å²) in [7, 11) is 0. The highest BCUT2D eigenvalue weighted by Gasteiger charge is 2.11. The number of hydrogen-bond acceptors (Lipinski definition) is 2. The van der Waals surface area contributed by atoms with Crippen LogP contribution < -0.4 is 10.5 Å². The van der Waals surface area contributed by atoms with Crippen LogP contribution in [-0.2, 0) is 0 Å². The maximum Gasteiger partial charge on any atom is 0.153 e. The van der Waals surface area contributed by atoms with Crippen molar-refractivity contribution in [2.45, 2.75) is 0 Å². The van der Waals surface area contributed by atoms with E-state index in [0.29, 0.717) is 5.02 Å². The molecule has 2 N–H and O–H groups in total. The molecule has 0 fully saturated rings. The third kappa shape index (κ3) is 2.64. The highest BCUT2D eigenvalue weighted by atomic mass is 35.5. The predicted molar refractivity (Wildman–Crippen MR) is 72.4 cm³/mol. The summed E-state index contributed by atoms with van der Waals surface area (Å²) in [6.07, 6.45) is 0. The molecule has 6 heteroatoms. The van der Waals surface area contributed by atoms with Crippen molar-refractivity contribution in [2.24, 2.45) is 0 Å². The minimum absolute atomic E-state index is 0.0722. The number of anilines is 1. The van der Waals surface area contributed by atoms with Gasteiger partial charge in [-0.1, -0.05) is 40.9 Å². The summed E-state index contributed by atoms with van der Waals surface area (Å²) < 4.78 is 18.7. The Hall–Kier alpha value is -1.16. The molecule has 2 nitrogen and oxygen atoms in total. The van der Waals surface area contributed by atoms with Gasteiger partial charge in [-0.2, -0.15) is 0 Å². The van der Waals surface area contributed by atoms with Crippen molar-refractivity contribution in [2.75, 3.05) is 5.73 Å². The topological polar surface area (TPSA) is 35.2 Å². The quantitative estimate of drug-likeness (QED) is 0.778. The van der Waals surface area contributed by atoms with Crippen molar-refractivity contribution in [1.29, 1.82) is 0 Å². The zero-order valence-electron chi connectivity index (χ0n) is 8.88. The first kappa shape index (κ1) is 13.3. The van der Waals surface area contributed by atoms with Crippen molar-refractivity contribution in [3.05, 3.63) is 51.2 Å². The molecule has 0 amide bonds. The van der Waals surface area contributed by atoms with E-state index >= 15 is 0 Å². The molecule has 94 valence electrons. The van der Waals surface area contributed by atoms with Crippen LogP contribution in [0.5, 0.6) is 11.5 Å². The summed E-state index contributed by atoms with van der Waals surface area (Å²) >= 11 is 17.4. The van der Waals surface area contributed by atoms with Gasteiger partial charge in [0.1, 0.15) is 16.6 Å². The van der Waals surface area contributed by atoms with Gasteiger partial charge in [0.25, 0.3) is 0 Å². The van der Waals surface area contributed by atoms with Crippen LogP contribution in [0, 0.1) is 5.82 Å². The van der Waals surface area contributed by atoms with Crippen molar-refractivity contribution in [3.8, 4) is 11.5 Å². The number of benzene rings is 2. The first-order valence-corrected chi connectivity index (χ1v) is 5.99. The Morgan fingerprint density at radius 2 is 1.72 bits per heavy atom. The fraction of sp³-hybridized carbons (Fsp3) is 0. The molecule has 0 bridgehead atoms. The fourth-order valence-corrected chi connectivity index (χ4v) is 1.82. The SMILES string of the molecule is Nc1cc(Cl)c(F)cc1Oc1cccc(Cl)c1Cl. The summed E-state index contributed by atoms with van der Waals surface area (Å²) in [4.78, 5) is 0. The van der Waals surface area contributed by atoms with Crippen LogP contribution in [0.3, 0.4) is 0 Å². The van der Waals surface area contributed by atoms with E-state index in [1.54, 1.807) is 18.2 Å². The zero-order valence-corrected chi connectivity index (χ0v) is 11.2. The molecule has 0 aliphatic heterocycles. The molecule has 0 atom stereocenters. The molecule has 0 spiro atoms. The van der Waals surface area contributed by atoms with E-state index in [1.165, 1.54) is 6.07 Å². The molecule has 0 aromatic heterocycles. The van der Waals surface area contributed by atoms with Crippen LogP contribution in [0.15, 0.2) is 30.3 Å². The maximum absolute atomic E-state index is 13.3. The lowest BCUT2D eigenvalue weighted by Gasteiger charge is -2.11. The summed E-state index contributed by atoms with van der Waals surface area (Å²) in [6, 6.07) is 7.23. The largest absolute Gasteiger partial charge is 0.453 e. The first-order chi connectivity index (χ1) is 8.49. The Morgan fingerprint density at radius 1 is 1.00 bits per heavy atom. The summed E-state index contributed by atoms with van der Waals surface area (Å²) in [5.41, 5.74) is 5.88. The van der Waals surface area contributed by atoms with Gasteiger partial charge in [-0.05, 0) is 18.2 Å². The fourth-order valence-electron chi connectivity index (χ4n) is 1.31. The van der Waals surface area contributed by atoms with Gasteiger partial charge in [-0.25, -0.2) is 4.39 Å². The number of halogens is 4. The number of hydrogen-bond donors (Lipinski definition) is 1. The minimum atomic E-state index is -0.626. The van der Waals surface area contributed by atoms with Crippen LogP contribution in [-0.4, -0.2) is 0 Å². The lowest BCUT2D eigenvalue weighted by molar-refractivity contribution is 0.479. The highest BCUT2D eigenvalue weighted by molar-refractivity contribution is 6.42. The van der Waals surface area contributed by atoms with Gasteiger partial charge in [-0.15, -0.1) is 0 Å². The molecule has 0 aliphatic carbocycles. The average molecular weight is 307 g/mol. The molecule has 0 heterocycles. The van der Waals surface area contributed by atoms with Crippen LogP contribution in [0.4, 0.5) is 10.1 Å². The Kier molecular flexibility index (Phi) is 3.85. The minimum Gasteiger partial charge on any atom is -0.453 e. The molecule has 0 unspecified atom stereocenters. The van der Waals surface area contributed by atoms with Gasteiger partial charge in [0.15, 0.2) is 5.75 Å².